The third kappa shape index (κ3) is 4.73. The van der Waals surface area contributed by atoms with Gasteiger partial charge in [0.25, 0.3) is 0 Å². The Morgan fingerprint density at radius 3 is 2.20 bits per heavy atom. The molecule has 140 valence electrons. The van der Waals surface area contributed by atoms with E-state index in [4.69, 9.17) is 0 Å². The summed E-state index contributed by atoms with van der Waals surface area (Å²) in [6.07, 6.45) is 8.23. The van der Waals surface area contributed by atoms with Crippen molar-refractivity contribution in [1.82, 2.24) is 14.7 Å². The molecule has 3 fully saturated rings. The second kappa shape index (κ2) is 8.68. The molecule has 1 unspecified atom stereocenters. The molecule has 3 heterocycles. The van der Waals surface area contributed by atoms with Gasteiger partial charge in [0.05, 0.1) is 5.92 Å². The van der Waals surface area contributed by atoms with E-state index < -0.39 is 0 Å². The summed E-state index contributed by atoms with van der Waals surface area (Å²) in [7, 11) is 0. The highest BCUT2D eigenvalue weighted by Gasteiger charge is 2.32. The minimum Gasteiger partial charge on any atom is -0.343 e. The van der Waals surface area contributed by atoms with Gasteiger partial charge in [-0.3, -0.25) is 14.4 Å². The third-order valence-electron chi connectivity index (χ3n) is 5.79. The molecule has 6 nitrogen and oxygen atoms in total. The van der Waals surface area contributed by atoms with E-state index in [-0.39, 0.29) is 23.6 Å². The van der Waals surface area contributed by atoms with Gasteiger partial charge >= 0.3 is 0 Å². The van der Waals surface area contributed by atoms with Crippen molar-refractivity contribution in [2.24, 2.45) is 5.92 Å². The first-order valence-electron chi connectivity index (χ1n) is 9.99. The largest absolute Gasteiger partial charge is 0.343 e. The summed E-state index contributed by atoms with van der Waals surface area (Å²) in [5, 5.41) is 0. The number of amides is 3. The number of likely N-dealkylation sites (tertiary alicyclic amines) is 3. The van der Waals surface area contributed by atoms with Crippen LogP contribution in [0.4, 0.5) is 0 Å². The Hall–Kier alpha value is -1.59. The van der Waals surface area contributed by atoms with E-state index in [2.05, 4.69) is 0 Å². The second-order valence-corrected chi connectivity index (χ2v) is 7.65. The first kappa shape index (κ1) is 18.2. The van der Waals surface area contributed by atoms with Crippen LogP contribution in [-0.4, -0.2) is 71.7 Å². The SMILES string of the molecule is O=C1CCCN1CCCN1CC(C(=O)N2CCCCCC2)CCC1=O. The molecule has 0 radical (unpaired) electrons. The van der Waals surface area contributed by atoms with E-state index in [0.29, 0.717) is 32.4 Å². The van der Waals surface area contributed by atoms with Crippen molar-refractivity contribution in [2.45, 2.75) is 57.8 Å². The zero-order valence-electron chi connectivity index (χ0n) is 15.3. The fourth-order valence-electron chi connectivity index (χ4n) is 4.27. The van der Waals surface area contributed by atoms with Gasteiger partial charge in [-0.25, -0.2) is 0 Å². The van der Waals surface area contributed by atoms with Crippen molar-refractivity contribution in [3.8, 4) is 0 Å². The Balaban J connectivity index is 1.47. The van der Waals surface area contributed by atoms with Crippen molar-refractivity contribution in [1.29, 1.82) is 0 Å². The molecule has 0 aromatic carbocycles. The lowest BCUT2D eigenvalue weighted by atomic mass is 9.95. The van der Waals surface area contributed by atoms with Crippen molar-refractivity contribution >= 4 is 17.7 Å². The molecular weight excluding hydrogens is 318 g/mol. The number of carbonyl (C=O) groups is 3. The van der Waals surface area contributed by atoms with Crippen LogP contribution in [0.5, 0.6) is 0 Å². The molecule has 6 heteroatoms. The number of hydrogen-bond acceptors (Lipinski definition) is 3. The number of hydrogen-bond donors (Lipinski definition) is 0. The monoisotopic (exact) mass is 349 g/mol. The second-order valence-electron chi connectivity index (χ2n) is 7.65. The van der Waals surface area contributed by atoms with Gasteiger partial charge in [0.2, 0.25) is 17.7 Å². The van der Waals surface area contributed by atoms with Gasteiger partial charge in [0.1, 0.15) is 0 Å². The van der Waals surface area contributed by atoms with Crippen LogP contribution in [0.15, 0.2) is 0 Å². The molecule has 3 saturated heterocycles. The van der Waals surface area contributed by atoms with Gasteiger partial charge in [-0.2, -0.15) is 0 Å². The highest BCUT2D eigenvalue weighted by atomic mass is 16.2. The maximum Gasteiger partial charge on any atom is 0.227 e. The minimum absolute atomic E-state index is 0.0378. The van der Waals surface area contributed by atoms with Gasteiger partial charge in [-0.15, -0.1) is 0 Å². The fourth-order valence-corrected chi connectivity index (χ4v) is 4.27. The molecule has 0 aromatic heterocycles. The Morgan fingerprint density at radius 1 is 0.840 bits per heavy atom. The maximum absolute atomic E-state index is 12.8. The van der Waals surface area contributed by atoms with Crippen LogP contribution in [0.2, 0.25) is 0 Å². The maximum atomic E-state index is 12.8. The van der Waals surface area contributed by atoms with E-state index in [0.717, 1.165) is 51.9 Å². The summed E-state index contributed by atoms with van der Waals surface area (Å²) < 4.78 is 0. The van der Waals surface area contributed by atoms with Crippen LogP contribution in [0.25, 0.3) is 0 Å². The Labute approximate surface area is 150 Å². The van der Waals surface area contributed by atoms with Gasteiger partial charge < -0.3 is 14.7 Å². The fraction of sp³-hybridized carbons (Fsp3) is 0.842. The van der Waals surface area contributed by atoms with Crippen molar-refractivity contribution in [2.75, 3.05) is 39.3 Å². The number of nitrogens with zero attached hydrogens (tertiary/aromatic N) is 3. The summed E-state index contributed by atoms with van der Waals surface area (Å²) in [5.41, 5.74) is 0. The highest BCUT2D eigenvalue weighted by Crippen LogP contribution is 2.22. The van der Waals surface area contributed by atoms with Crippen LogP contribution in [0.1, 0.15) is 57.8 Å². The van der Waals surface area contributed by atoms with Crippen LogP contribution in [0, 0.1) is 5.92 Å². The summed E-state index contributed by atoms with van der Waals surface area (Å²) in [6.45, 7) is 4.55. The average Bonchev–Trinajstić information content (AvgIpc) is 2.86. The quantitative estimate of drug-likeness (QED) is 0.758. The lowest BCUT2D eigenvalue weighted by Crippen LogP contribution is -2.47. The summed E-state index contributed by atoms with van der Waals surface area (Å²) in [6, 6.07) is 0. The average molecular weight is 349 g/mol. The van der Waals surface area contributed by atoms with E-state index in [1.165, 1.54) is 12.8 Å². The predicted octanol–water partition coefficient (Wildman–Crippen LogP) is 1.64. The van der Waals surface area contributed by atoms with E-state index in [9.17, 15) is 14.4 Å². The zero-order valence-corrected chi connectivity index (χ0v) is 15.3. The van der Waals surface area contributed by atoms with E-state index in [1.807, 2.05) is 14.7 Å². The molecule has 3 aliphatic heterocycles. The molecule has 0 bridgehead atoms. The standard InChI is InChI=1S/C19H31N3O3/c23-17-7-5-12-20(17)13-6-14-22-15-16(8-9-18(22)24)19(25)21-10-3-1-2-4-11-21/h16H,1-15H2. The smallest absolute Gasteiger partial charge is 0.227 e. The Bertz CT molecular complexity index is 500. The molecule has 3 amide bonds. The highest BCUT2D eigenvalue weighted by molar-refractivity contribution is 5.84. The van der Waals surface area contributed by atoms with Crippen molar-refractivity contribution in [3.05, 3.63) is 0 Å². The lowest BCUT2D eigenvalue weighted by Gasteiger charge is -2.35. The molecule has 0 spiro atoms. The van der Waals surface area contributed by atoms with Crippen LogP contribution < -0.4 is 0 Å². The van der Waals surface area contributed by atoms with E-state index in [1.54, 1.807) is 0 Å². The Morgan fingerprint density at radius 2 is 1.52 bits per heavy atom. The van der Waals surface area contributed by atoms with Crippen LogP contribution in [0.3, 0.4) is 0 Å². The molecule has 3 rings (SSSR count). The van der Waals surface area contributed by atoms with Crippen LogP contribution >= 0.6 is 0 Å². The molecule has 0 aliphatic carbocycles. The summed E-state index contributed by atoms with van der Waals surface area (Å²) in [5.74, 6) is 0.602. The molecular formula is C19H31N3O3. The van der Waals surface area contributed by atoms with Crippen LogP contribution in [-0.2, 0) is 14.4 Å². The third-order valence-corrected chi connectivity index (χ3v) is 5.79. The first-order valence-corrected chi connectivity index (χ1v) is 9.99. The topological polar surface area (TPSA) is 60.9 Å². The molecule has 0 aromatic rings. The Kier molecular flexibility index (Phi) is 6.32. The molecule has 3 aliphatic rings. The molecule has 0 N–H and O–H groups in total. The van der Waals surface area contributed by atoms with E-state index >= 15 is 0 Å². The van der Waals surface area contributed by atoms with Gasteiger partial charge in [-0.1, -0.05) is 12.8 Å². The molecule has 1 atom stereocenters. The predicted molar refractivity (Wildman–Crippen MR) is 94.8 cm³/mol. The first-order chi connectivity index (χ1) is 12.1. The van der Waals surface area contributed by atoms with Gasteiger partial charge in [0, 0.05) is 52.1 Å². The number of piperidine rings is 1. The molecule has 0 saturated carbocycles. The normalized spacial score (nSPS) is 25.4. The number of rotatable bonds is 5. The van der Waals surface area contributed by atoms with Crippen molar-refractivity contribution in [3.63, 3.8) is 0 Å². The van der Waals surface area contributed by atoms with Gasteiger partial charge in [-0.05, 0) is 32.1 Å². The lowest BCUT2D eigenvalue weighted by molar-refractivity contribution is -0.143. The zero-order chi connectivity index (χ0) is 17.6. The van der Waals surface area contributed by atoms with Crippen molar-refractivity contribution < 1.29 is 14.4 Å². The minimum atomic E-state index is -0.0378. The summed E-state index contributed by atoms with van der Waals surface area (Å²) in [4.78, 5) is 42.5. The molecule has 25 heavy (non-hydrogen) atoms. The van der Waals surface area contributed by atoms with Gasteiger partial charge in [0.15, 0.2) is 0 Å². The number of carbonyl (C=O) groups excluding carboxylic acids is 3. The summed E-state index contributed by atoms with van der Waals surface area (Å²) >= 11 is 0.